The van der Waals surface area contributed by atoms with Crippen LogP contribution in [0.1, 0.15) is 31.7 Å². The zero-order chi connectivity index (χ0) is 14.4. The summed E-state index contributed by atoms with van der Waals surface area (Å²) in [6, 6.07) is 8.19. The van der Waals surface area contributed by atoms with Gasteiger partial charge in [0.1, 0.15) is 18.7 Å². The molecule has 0 fully saturated rings. The van der Waals surface area contributed by atoms with E-state index in [4.69, 9.17) is 10.5 Å². The second-order valence-electron chi connectivity index (χ2n) is 4.76. The van der Waals surface area contributed by atoms with Crippen LogP contribution in [0, 0.1) is 0 Å². The van der Waals surface area contributed by atoms with E-state index >= 15 is 0 Å². The Morgan fingerprint density at radius 3 is 2.85 bits per heavy atom. The Bertz CT molecular complexity index is 538. The topological polar surface area (TPSA) is 66.0 Å². The quantitative estimate of drug-likeness (QED) is 0.840. The van der Waals surface area contributed by atoms with Gasteiger partial charge in [0, 0.05) is 12.6 Å². The van der Waals surface area contributed by atoms with Crippen LogP contribution in [-0.4, -0.2) is 20.8 Å². The summed E-state index contributed by atoms with van der Waals surface area (Å²) in [7, 11) is 0. The van der Waals surface area contributed by atoms with E-state index in [-0.39, 0.29) is 6.04 Å². The Kier molecular flexibility index (Phi) is 5.12. The van der Waals surface area contributed by atoms with E-state index in [2.05, 4.69) is 23.1 Å². The van der Waals surface area contributed by atoms with Crippen molar-refractivity contribution >= 4 is 0 Å². The van der Waals surface area contributed by atoms with Crippen LogP contribution in [0.3, 0.4) is 0 Å². The minimum Gasteiger partial charge on any atom is -0.485 e. The van der Waals surface area contributed by atoms with Crippen molar-refractivity contribution in [1.82, 2.24) is 14.8 Å². The number of nitrogens with zero attached hydrogens (tertiary/aromatic N) is 3. The van der Waals surface area contributed by atoms with Crippen LogP contribution in [-0.2, 0) is 19.6 Å². The lowest BCUT2D eigenvalue weighted by Gasteiger charge is -2.14. The lowest BCUT2D eigenvalue weighted by Crippen LogP contribution is -2.21. The molecule has 0 aliphatic heterocycles. The van der Waals surface area contributed by atoms with Crippen molar-refractivity contribution in [3.05, 3.63) is 42.0 Å². The van der Waals surface area contributed by atoms with E-state index in [1.807, 2.05) is 29.8 Å². The molecule has 1 aromatic heterocycles. The summed E-state index contributed by atoms with van der Waals surface area (Å²) in [6.45, 7) is 5.34. The van der Waals surface area contributed by atoms with Gasteiger partial charge in [-0.05, 0) is 31.4 Å². The number of ether oxygens (including phenoxy) is 1. The van der Waals surface area contributed by atoms with Crippen molar-refractivity contribution in [3.8, 4) is 5.75 Å². The maximum absolute atomic E-state index is 6.03. The molecule has 0 saturated carbocycles. The molecule has 0 saturated heterocycles. The van der Waals surface area contributed by atoms with Gasteiger partial charge in [0.2, 0.25) is 0 Å². The van der Waals surface area contributed by atoms with Gasteiger partial charge < -0.3 is 10.5 Å². The maximum Gasteiger partial charge on any atom is 0.164 e. The summed E-state index contributed by atoms with van der Waals surface area (Å²) in [5.74, 6) is 1.71. The molecule has 0 aliphatic carbocycles. The number of nitrogens with two attached hydrogens (primary N) is 1. The standard InChI is InChI=1S/C15H22N4O/c1-3-13(16)9-12-7-5-6-8-14(12)20-10-15-17-11-18-19(15)4-2/h5-8,11,13H,3-4,9-10,16H2,1-2H3. The highest BCUT2D eigenvalue weighted by molar-refractivity contribution is 5.34. The molecule has 1 atom stereocenters. The van der Waals surface area contributed by atoms with Crippen LogP contribution >= 0.6 is 0 Å². The minimum atomic E-state index is 0.166. The highest BCUT2D eigenvalue weighted by Gasteiger charge is 2.09. The molecule has 108 valence electrons. The highest BCUT2D eigenvalue weighted by Crippen LogP contribution is 2.20. The fourth-order valence-electron chi connectivity index (χ4n) is 2.05. The molecule has 0 aliphatic rings. The van der Waals surface area contributed by atoms with Crippen LogP contribution in [0.4, 0.5) is 0 Å². The van der Waals surface area contributed by atoms with Gasteiger partial charge in [0.25, 0.3) is 0 Å². The maximum atomic E-state index is 6.03. The average Bonchev–Trinajstić information content (AvgIpc) is 2.93. The first-order chi connectivity index (χ1) is 9.74. The number of para-hydroxylation sites is 1. The van der Waals surface area contributed by atoms with E-state index in [1.54, 1.807) is 6.33 Å². The molecule has 0 amide bonds. The van der Waals surface area contributed by atoms with Crippen molar-refractivity contribution < 1.29 is 4.74 Å². The van der Waals surface area contributed by atoms with E-state index < -0.39 is 0 Å². The van der Waals surface area contributed by atoms with Crippen molar-refractivity contribution in [2.45, 2.75) is 45.9 Å². The van der Waals surface area contributed by atoms with E-state index in [0.717, 1.165) is 36.5 Å². The van der Waals surface area contributed by atoms with Crippen molar-refractivity contribution in [3.63, 3.8) is 0 Å². The smallest absolute Gasteiger partial charge is 0.164 e. The lowest BCUT2D eigenvalue weighted by molar-refractivity contribution is 0.284. The molecule has 1 heterocycles. The Labute approximate surface area is 119 Å². The van der Waals surface area contributed by atoms with Crippen molar-refractivity contribution in [2.75, 3.05) is 0 Å². The third-order valence-electron chi connectivity index (χ3n) is 3.33. The molecule has 0 bridgehead atoms. The van der Waals surface area contributed by atoms with Crippen molar-refractivity contribution in [1.29, 1.82) is 0 Å². The first-order valence-electron chi connectivity index (χ1n) is 7.07. The van der Waals surface area contributed by atoms with E-state index in [9.17, 15) is 0 Å². The number of rotatable bonds is 7. The summed E-state index contributed by atoms with van der Waals surface area (Å²) < 4.78 is 7.72. The number of hydrogen-bond donors (Lipinski definition) is 1. The molecule has 0 radical (unpaired) electrons. The van der Waals surface area contributed by atoms with Gasteiger partial charge in [-0.3, -0.25) is 0 Å². The summed E-state index contributed by atoms with van der Waals surface area (Å²) in [5.41, 5.74) is 7.17. The fraction of sp³-hybridized carbons (Fsp3) is 0.467. The monoisotopic (exact) mass is 274 g/mol. The van der Waals surface area contributed by atoms with Crippen LogP contribution in [0.25, 0.3) is 0 Å². The molecule has 20 heavy (non-hydrogen) atoms. The van der Waals surface area contributed by atoms with Gasteiger partial charge in [-0.2, -0.15) is 5.10 Å². The second kappa shape index (κ2) is 7.05. The molecule has 1 unspecified atom stereocenters. The van der Waals surface area contributed by atoms with Gasteiger partial charge in [0.15, 0.2) is 5.82 Å². The van der Waals surface area contributed by atoms with Gasteiger partial charge in [-0.25, -0.2) is 9.67 Å². The predicted molar refractivity (Wildman–Crippen MR) is 78.4 cm³/mol. The lowest BCUT2D eigenvalue weighted by atomic mass is 10.0. The van der Waals surface area contributed by atoms with Crippen LogP contribution < -0.4 is 10.5 Å². The minimum absolute atomic E-state index is 0.166. The molecule has 2 aromatic rings. The van der Waals surface area contributed by atoms with E-state index in [1.165, 1.54) is 0 Å². The molecular formula is C15H22N4O. The molecule has 2 rings (SSSR count). The third-order valence-corrected chi connectivity index (χ3v) is 3.33. The predicted octanol–water partition coefficient (Wildman–Crippen LogP) is 2.16. The van der Waals surface area contributed by atoms with Crippen LogP contribution in [0.5, 0.6) is 5.75 Å². The van der Waals surface area contributed by atoms with Gasteiger partial charge in [-0.1, -0.05) is 25.1 Å². The molecular weight excluding hydrogens is 252 g/mol. The number of aromatic nitrogens is 3. The Morgan fingerprint density at radius 2 is 2.10 bits per heavy atom. The summed E-state index contributed by atoms with van der Waals surface area (Å²) >= 11 is 0. The van der Waals surface area contributed by atoms with Crippen LogP contribution in [0.2, 0.25) is 0 Å². The highest BCUT2D eigenvalue weighted by atomic mass is 16.5. The normalized spacial score (nSPS) is 12.3. The summed E-state index contributed by atoms with van der Waals surface area (Å²) in [4.78, 5) is 4.21. The number of benzene rings is 1. The molecule has 1 aromatic carbocycles. The average molecular weight is 274 g/mol. The number of aryl methyl sites for hydroxylation is 1. The van der Waals surface area contributed by atoms with Crippen LogP contribution in [0.15, 0.2) is 30.6 Å². The molecule has 2 N–H and O–H groups in total. The Balaban J connectivity index is 2.05. The van der Waals surface area contributed by atoms with E-state index in [0.29, 0.717) is 6.61 Å². The first-order valence-corrected chi connectivity index (χ1v) is 7.07. The zero-order valence-electron chi connectivity index (χ0n) is 12.1. The first kappa shape index (κ1) is 14.5. The second-order valence-corrected chi connectivity index (χ2v) is 4.76. The van der Waals surface area contributed by atoms with Gasteiger partial charge in [0.05, 0.1) is 0 Å². The Morgan fingerprint density at radius 1 is 1.30 bits per heavy atom. The van der Waals surface area contributed by atoms with Crippen molar-refractivity contribution in [2.24, 2.45) is 5.73 Å². The largest absolute Gasteiger partial charge is 0.485 e. The molecule has 5 heteroatoms. The third kappa shape index (κ3) is 3.57. The molecule has 0 spiro atoms. The SMILES string of the molecule is CCC(N)Cc1ccccc1OCc1ncnn1CC. The summed E-state index contributed by atoms with van der Waals surface area (Å²) in [5, 5.41) is 4.14. The zero-order valence-corrected chi connectivity index (χ0v) is 12.1. The fourth-order valence-corrected chi connectivity index (χ4v) is 2.05. The van der Waals surface area contributed by atoms with Gasteiger partial charge in [-0.15, -0.1) is 0 Å². The number of hydrogen-bond acceptors (Lipinski definition) is 4. The summed E-state index contributed by atoms with van der Waals surface area (Å²) in [6.07, 6.45) is 3.34. The van der Waals surface area contributed by atoms with Gasteiger partial charge >= 0.3 is 0 Å². The Hall–Kier alpha value is -1.88. The molecule has 5 nitrogen and oxygen atoms in total.